The number of hydrogen-bond donors (Lipinski definition) is 0. The molecule has 0 radical (unpaired) electrons. The molecule has 0 aliphatic heterocycles. The van der Waals surface area contributed by atoms with Gasteiger partial charge in [-0.05, 0) is 48.5 Å². The van der Waals surface area contributed by atoms with Gasteiger partial charge in [0.05, 0.1) is 11.6 Å². The first-order chi connectivity index (χ1) is 7.78. The normalized spacial score (nSPS) is 9.75. The summed E-state index contributed by atoms with van der Waals surface area (Å²) < 4.78 is 1.08. The highest BCUT2D eigenvalue weighted by atomic mass is 79.9. The Kier molecular flexibility index (Phi) is 3.66. The standard InChI is InChI=1S/C13H8BrNS/c14-11-3-7-13(8-4-11)16-12-5-1-10(9-15)2-6-12/h1-8H. The Bertz CT molecular complexity index is 511. The van der Waals surface area contributed by atoms with Crippen molar-refractivity contribution in [2.75, 3.05) is 0 Å². The van der Waals surface area contributed by atoms with E-state index in [0.29, 0.717) is 5.56 Å². The van der Waals surface area contributed by atoms with Crippen molar-refractivity contribution >= 4 is 27.7 Å². The number of rotatable bonds is 2. The summed E-state index contributed by atoms with van der Waals surface area (Å²) in [5.41, 5.74) is 0.695. The number of benzene rings is 2. The van der Waals surface area contributed by atoms with Gasteiger partial charge in [0.25, 0.3) is 0 Å². The lowest BCUT2D eigenvalue weighted by atomic mass is 10.2. The van der Waals surface area contributed by atoms with Crippen molar-refractivity contribution in [2.24, 2.45) is 0 Å². The molecule has 0 aromatic heterocycles. The van der Waals surface area contributed by atoms with Crippen LogP contribution in [-0.2, 0) is 0 Å². The van der Waals surface area contributed by atoms with Crippen molar-refractivity contribution < 1.29 is 0 Å². The van der Waals surface area contributed by atoms with E-state index >= 15 is 0 Å². The first-order valence-corrected chi connectivity index (χ1v) is 6.32. The van der Waals surface area contributed by atoms with E-state index in [1.54, 1.807) is 11.8 Å². The Morgan fingerprint density at radius 1 is 0.875 bits per heavy atom. The van der Waals surface area contributed by atoms with Gasteiger partial charge in [0, 0.05) is 14.3 Å². The fourth-order valence-electron chi connectivity index (χ4n) is 1.24. The smallest absolute Gasteiger partial charge is 0.0991 e. The molecule has 0 heterocycles. The molecule has 0 bridgehead atoms. The van der Waals surface area contributed by atoms with Crippen molar-refractivity contribution in [3.63, 3.8) is 0 Å². The lowest BCUT2D eigenvalue weighted by Crippen LogP contribution is -1.75. The highest BCUT2D eigenvalue weighted by Crippen LogP contribution is 2.28. The Morgan fingerprint density at radius 2 is 1.38 bits per heavy atom. The van der Waals surface area contributed by atoms with Gasteiger partial charge in [0.2, 0.25) is 0 Å². The maximum Gasteiger partial charge on any atom is 0.0991 e. The lowest BCUT2D eigenvalue weighted by molar-refractivity contribution is 1.38. The number of halogens is 1. The number of hydrogen-bond acceptors (Lipinski definition) is 2. The second-order valence-corrected chi connectivity index (χ2v) is 5.25. The molecule has 0 fully saturated rings. The summed E-state index contributed by atoms with van der Waals surface area (Å²) in [4.78, 5) is 2.33. The number of nitriles is 1. The molecular formula is C13H8BrNS. The van der Waals surface area contributed by atoms with E-state index in [0.717, 1.165) is 9.37 Å². The van der Waals surface area contributed by atoms with Gasteiger partial charge in [0.15, 0.2) is 0 Å². The van der Waals surface area contributed by atoms with Gasteiger partial charge in [-0.2, -0.15) is 5.26 Å². The topological polar surface area (TPSA) is 23.8 Å². The molecule has 0 saturated carbocycles. The monoisotopic (exact) mass is 289 g/mol. The van der Waals surface area contributed by atoms with E-state index in [1.165, 1.54) is 4.90 Å². The summed E-state index contributed by atoms with van der Waals surface area (Å²) in [6.45, 7) is 0. The van der Waals surface area contributed by atoms with Crippen LogP contribution in [0, 0.1) is 11.3 Å². The molecular weight excluding hydrogens is 282 g/mol. The molecule has 0 saturated heterocycles. The van der Waals surface area contributed by atoms with Crippen molar-refractivity contribution in [1.82, 2.24) is 0 Å². The zero-order chi connectivity index (χ0) is 11.4. The molecule has 0 spiro atoms. The van der Waals surface area contributed by atoms with Gasteiger partial charge in [-0.25, -0.2) is 0 Å². The Labute approximate surface area is 107 Å². The molecule has 2 aromatic carbocycles. The Hall–Kier alpha value is -1.24. The summed E-state index contributed by atoms with van der Waals surface area (Å²) in [5.74, 6) is 0. The molecule has 0 aliphatic carbocycles. The van der Waals surface area contributed by atoms with Gasteiger partial charge in [0.1, 0.15) is 0 Å². The van der Waals surface area contributed by atoms with E-state index in [2.05, 4.69) is 34.1 Å². The van der Waals surface area contributed by atoms with Crippen LogP contribution in [0.1, 0.15) is 5.56 Å². The van der Waals surface area contributed by atoms with E-state index in [9.17, 15) is 0 Å². The fraction of sp³-hybridized carbons (Fsp3) is 0. The zero-order valence-corrected chi connectivity index (χ0v) is 10.8. The van der Waals surface area contributed by atoms with Crippen LogP contribution < -0.4 is 0 Å². The van der Waals surface area contributed by atoms with E-state index in [4.69, 9.17) is 5.26 Å². The molecule has 0 N–H and O–H groups in total. The van der Waals surface area contributed by atoms with E-state index < -0.39 is 0 Å². The van der Waals surface area contributed by atoms with E-state index in [1.807, 2.05) is 36.4 Å². The van der Waals surface area contributed by atoms with Crippen molar-refractivity contribution in [2.45, 2.75) is 9.79 Å². The third kappa shape index (κ3) is 2.88. The van der Waals surface area contributed by atoms with E-state index in [-0.39, 0.29) is 0 Å². The highest BCUT2D eigenvalue weighted by molar-refractivity contribution is 9.10. The van der Waals surface area contributed by atoms with Gasteiger partial charge in [-0.1, -0.05) is 27.7 Å². The summed E-state index contributed by atoms with van der Waals surface area (Å²) in [5, 5.41) is 8.69. The molecule has 0 amide bonds. The van der Waals surface area contributed by atoms with Crippen LogP contribution in [-0.4, -0.2) is 0 Å². The minimum atomic E-state index is 0.695. The highest BCUT2D eigenvalue weighted by Gasteiger charge is 1.97. The average Bonchev–Trinajstić information content (AvgIpc) is 2.33. The molecule has 0 unspecified atom stereocenters. The van der Waals surface area contributed by atoms with Gasteiger partial charge in [-0.3, -0.25) is 0 Å². The van der Waals surface area contributed by atoms with Crippen molar-refractivity contribution in [3.8, 4) is 6.07 Å². The minimum Gasteiger partial charge on any atom is -0.192 e. The van der Waals surface area contributed by atoms with Crippen LogP contribution in [0.15, 0.2) is 62.8 Å². The zero-order valence-electron chi connectivity index (χ0n) is 8.35. The molecule has 3 heteroatoms. The first-order valence-electron chi connectivity index (χ1n) is 4.71. The summed E-state index contributed by atoms with van der Waals surface area (Å²) >= 11 is 5.09. The molecule has 0 aliphatic rings. The molecule has 78 valence electrons. The SMILES string of the molecule is N#Cc1ccc(Sc2ccc(Br)cc2)cc1. The van der Waals surface area contributed by atoms with Crippen molar-refractivity contribution in [1.29, 1.82) is 5.26 Å². The Balaban J connectivity index is 2.15. The average molecular weight is 290 g/mol. The lowest BCUT2D eigenvalue weighted by Gasteiger charge is -2.01. The third-order valence-electron chi connectivity index (χ3n) is 2.03. The van der Waals surface area contributed by atoms with Crippen LogP contribution in [0.4, 0.5) is 0 Å². The first kappa shape index (κ1) is 11.3. The summed E-state index contributed by atoms with van der Waals surface area (Å²) in [7, 11) is 0. The molecule has 16 heavy (non-hydrogen) atoms. The van der Waals surface area contributed by atoms with Crippen LogP contribution in [0.5, 0.6) is 0 Å². The van der Waals surface area contributed by atoms with Gasteiger partial charge in [-0.15, -0.1) is 0 Å². The molecule has 2 rings (SSSR count). The van der Waals surface area contributed by atoms with Gasteiger partial charge < -0.3 is 0 Å². The maximum atomic E-state index is 8.69. The Morgan fingerprint density at radius 3 is 1.88 bits per heavy atom. The molecule has 0 atom stereocenters. The van der Waals surface area contributed by atoms with Crippen LogP contribution in [0.3, 0.4) is 0 Å². The maximum absolute atomic E-state index is 8.69. The predicted octanol–water partition coefficient (Wildman–Crippen LogP) is 4.47. The molecule has 2 aromatic rings. The summed E-state index contributed by atoms with van der Waals surface area (Å²) in [6.07, 6.45) is 0. The second kappa shape index (κ2) is 5.20. The van der Waals surface area contributed by atoms with Crippen LogP contribution in [0.25, 0.3) is 0 Å². The van der Waals surface area contributed by atoms with Crippen LogP contribution in [0.2, 0.25) is 0 Å². The van der Waals surface area contributed by atoms with Crippen LogP contribution >= 0.6 is 27.7 Å². The molecule has 1 nitrogen and oxygen atoms in total. The predicted molar refractivity (Wildman–Crippen MR) is 69.4 cm³/mol. The fourth-order valence-corrected chi connectivity index (χ4v) is 2.32. The van der Waals surface area contributed by atoms with Gasteiger partial charge >= 0.3 is 0 Å². The minimum absolute atomic E-state index is 0.695. The quantitative estimate of drug-likeness (QED) is 0.814. The van der Waals surface area contributed by atoms with Crippen molar-refractivity contribution in [3.05, 3.63) is 58.6 Å². The number of nitrogens with zero attached hydrogens (tertiary/aromatic N) is 1. The largest absolute Gasteiger partial charge is 0.192 e. The third-order valence-corrected chi connectivity index (χ3v) is 3.58. The summed E-state index contributed by atoms with van der Waals surface area (Å²) in [6, 6.07) is 17.9. The second-order valence-electron chi connectivity index (χ2n) is 3.19.